The molecule has 62 valence electrons. The van der Waals surface area contributed by atoms with Gasteiger partial charge in [-0.25, -0.2) is 0 Å². The quantitative estimate of drug-likeness (QED) is 0.518. The van der Waals surface area contributed by atoms with Crippen LogP contribution in [0.3, 0.4) is 0 Å². The zero-order valence-corrected chi connectivity index (χ0v) is 11.3. The summed E-state index contributed by atoms with van der Waals surface area (Å²) in [6.07, 6.45) is 0.448. The van der Waals surface area contributed by atoms with Crippen LogP contribution >= 0.6 is 54.5 Å². The van der Waals surface area contributed by atoms with Crippen molar-refractivity contribution in [2.24, 2.45) is 0 Å². The summed E-state index contributed by atoms with van der Waals surface area (Å²) >= 11 is 9.09. The molecule has 0 fully saturated rings. The Hall–Kier alpha value is 0.400. The van der Waals surface area contributed by atoms with Gasteiger partial charge < -0.3 is 0 Å². The topological polar surface area (TPSA) is 23.8 Å². The van der Waals surface area contributed by atoms with Gasteiger partial charge in [-0.3, -0.25) is 0 Å². The third-order valence-corrected chi connectivity index (χ3v) is 5.55. The van der Waals surface area contributed by atoms with E-state index in [4.69, 9.17) is 5.26 Å². The first kappa shape index (κ1) is 10.5. The molecule has 0 atom stereocenters. The highest BCUT2D eigenvalue weighted by atomic mass is 127. The Morgan fingerprint density at radius 3 is 2.67 bits per heavy atom. The van der Waals surface area contributed by atoms with Crippen molar-refractivity contribution in [3.8, 4) is 6.07 Å². The van der Waals surface area contributed by atoms with Gasteiger partial charge in [0.2, 0.25) is 0 Å². The van der Waals surface area contributed by atoms with E-state index in [0.717, 1.165) is 18.1 Å². The van der Waals surface area contributed by atoms with Gasteiger partial charge in [0, 0.05) is 12.5 Å². The molecular formula is C8H4Br2IN. The molecule has 12 heavy (non-hydrogen) atoms. The minimum Gasteiger partial charge on any atom is -0.198 e. The first-order valence-corrected chi connectivity index (χ1v) is 5.82. The third-order valence-electron chi connectivity index (χ3n) is 1.38. The molecule has 0 aliphatic rings. The number of benzene rings is 1. The Kier molecular flexibility index (Phi) is 4.00. The lowest BCUT2D eigenvalue weighted by Gasteiger charge is -2.03. The molecule has 0 saturated carbocycles. The average molecular weight is 401 g/mol. The van der Waals surface area contributed by atoms with Crippen LogP contribution in [0.1, 0.15) is 5.56 Å². The molecule has 0 saturated heterocycles. The van der Waals surface area contributed by atoms with Crippen LogP contribution in [0.5, 0.6) is 0 Å². The van der Waals surface area contributed by atoms with E-state index in [-0.39, 0.29) is 0 Å². The van der Waals surface area contributed by atoms with Crippen LogP contribution in [-0.4, -0.2) is 0 Å². The number of nitrogens with zero attached hydrogens (tertiary/aromatic N) is 1. The van der Waals surface area contributed by atoms with Gasteiger partial charge in [-0.2, -0.15) is 5.26 Å². The molecule has 0 aliphatic carbocycles. The van der Waals surface area contributed by atoms with E-state index in [1.807, 2.05) is 12.1 Å². The van der Waals surface area contributed by atoms with Crippen LogP contribution in [0.25, 0.3) is 0 Å². The molecule has 4 heteroatoms. The maximum atomic E-state index is 8.52. The largest absolute Gasteiger partial charge is 0.198 e. The van der Waals surface area contributed by atoms with E-state index in [9.17, 15) is 0 Å². The smallest absolute Gasteiger partial charge is 0.0670 e. The zero-order valence-electron chi connectivity index (χ0n) is 5.94. The molecule has 0 radical (unpaired) electrons. The standard InChI is InChI=1S/C8H4Br2IN/c9-6-2-1-5(3-4-12)7(10)8(6)11/h1-2H,3H2. The van der Waals surface area contributed by atoms with E-state index in [2.05, 4.69) is 60.5 Å². The number of hydrogen-bond acceptors (Lipinski definition) is 1. The molecule has 0 heterocycles. The minimum absolute atomic E-state index is 0.448. The van der Waals surface area contributed by atoms with Crippen LogP contribution in [0.2, 0.25) is 0 Å². The van der Waals surface area contributed by atoms with Crippen LogP contribution in [0, 0.1) is 14.9 Å². The Morgan fingerprint density at radius 2 is 2.08 bits per heavy atom. The van der Waals surface area contributed by atoms with Gasteiger partial charge in [0.05, 0.1) is 12.5 Å². The highest BCUT2D eigenvalue weighted by Crippen LogP contribution is 2.30. The molecular weight excluding hydrogens is 397 g/mol. The molecule has 0 N–H and O–H groups in total. The Balaban J connectivity index is 3.19. The predicted octanol–water partition coefficient (Wildman–Crippen LogP) is 3.88. The van der Waals surface area contributed by atoms with Crippen molar-refractivity contribution in [1.29, 1.82) is 5.26 Å². The second-order valence-corrected chi connectivity index (χ2v) is 4.90. The molecule has 0 aliphatic heterocycles. The molecule has 1 aromatic carbocycles. The molecule has 0 amide bonds. The molecule has 0 bridgehead atoms. The minimum atomic E-state index is 0.448. The van der Waals surface area contributed by atoms with Crippen LogP contribution in [0.4, 0.5) is 0 Å². The molecule has 1 aromatic rings. The summed E-state index contributed by atoms with van der Waals surface area (Å²) in [4.78, 5) is 0. The fraction of sp³-hybridized carbons (Fsp3) is 0.125. The molecule has 1 nitrogen and oxygen atoms in total. The number of rotatable bonds is 1. The summed E-state index contributed by atoms with van der Waals surface area (Å²) in [6.45, 7) is 0. The summed E-state index contributed by atoms with van der Waals surface area (Å²) in [5.74, 6) is 0. The van der Waals surface area contributed by atoms with Crippen molar-refractivity contribution in [3.63, 3.8) is 0 Å². The predicted molar refractivity (Wildman–Crippen MR) is 63.9 cm³/mol. The number of hydrogen-bond donors (Lipinski definition) is 0. The van der Waals surface area contributed by atoms with Crippen molar-refractivity contribution in [3.05, 3.63) is 30.2 Å². The molecule has 0 aromatic heterocycles. The van der Waals surface area contributed by atoms with Crippen molar-refractivity contribution in [2.45, 2.75) is 6.42 Å². The van der Waals surface area contributed by atoms with Gasteiger partial charge in [0.15, 0.2) is 0 Å². The van der Waals surface area contributed by atoms with E-state index in [0.29, 0.717) is 6.42 Å². The summed E-state index contributed by atoms with van der Waals surface area (Å²) in [6, 6.07) is 6.02. The summed E-state index contributed by atoms with van der Waals surface area (Å²) in [7, 11) is 0. The average Bonchev–Trinajstić information content (AvgIpc) is 2.07. The lowest BCUT2D eigenvalue weighted by molar-refractivity contribution is 1.23. The lowest BCUT2D eigenvalue weighted by Crippen LogP contribution is -1.87. The summed E-state index contributed by atoms with van der Waals surface area (Å²) in [5, 5.41) is 8.52. The van der Waals surface area contributed by atoms with E-state index in [1.54, 1.807) is 0 Å². The Morgan fingerprint density at radius 1 is 1.42 bits per heavy atom. The van der Waals surface area contributed by atoms with Crippen LogP contribution < -0.4 is 0 Å². The van der Waals surface area contributed by atoms with Gasteiger partial charge in [0.25, 0.3) is 0 Å². The monoisotopic (exact) mass is 399 g/mol. The fourth-order valence-electron chi connectivity index (χ4n) is 0.788. The summed E-state index contributed by atoms with van der Waals surface area (Å²) < 4.78 is 3.18. The third kappa shape index (κ3) is 2.21. The fourth-order valence-corrected chi connectivity index (χ4v) is 2.40. The molecule has 1 rings (SSSR count). The second-order valence-electron chi connectivity index (χ2n) is 2.17. The maximum absolute atomic E-state index is 8.52. The van der Waals surface area contributed by atoms with E-state index < -0.39 is 0 Å². The van der Waals surface area contributed by atoms with E-state index >= 15 is 0 Å². The first-order chi connectivity index (χ1) is 5.66. The van der Waals surface area contributed by atoms with Gasteiger partial charge in [-0.1, -0.05) is 6.07 Å². The number of halogens is 3. The van der Waals surface area contributed by atoms with E-state index in [1.165, 1.54) is 0 Å². The first-order valence-electron chi connectivity index (χ1n) is 3.16. The van der Waals surface area contributed by atoms with Crippen molar-refractivity contribution in [1.82, 2.24) is 0 Å². The Labute approximate surface area is 102 Å². The van der Waals surface area contributed by atoms with Crippen molar-refractivity contribution in [2.75, 3.05) is 0 Å². The van der Waals surface area contributed by atoms with Crippen molar-refractivity contribution >= 4 is 54.5 Å². The SMILES string of the molecule is N#CCc1ccc(Br)c(I)c1Br. The van der Waals surface area contributed by atoms with Gasteiger partial charge in [-0.15, -0.1) is 0 Å². The second kappa shape index (κ2) is 4.58. The van der Waals surface area contributed by atoms with Crippen molar-refractivity contribution < 1.29 is 0 Å². The zero-order chi connectivity index (χ0) is 9.14. The van der Waals surface area contributed by atoms with Crippen LogP contribution in [-0.2, 0) is 6.42 Å². The van der Waals surface area contributed by atoms with Gasteiger partial charge in [0.1, 0.15) is 0 Å². The molecule has 0 unspecified atom stereocenters. The number of nitriles is 1. The highest BCUT2D eigenvalue weighted by molar-refractivity contribution is 14.1. The van der Waals surface area contributed by atoms with Crippen LogP contribution in [0.15, 0.2) is 21.1 Å². The Bertz CT molecular complexity index is 344. The van der Waals surface area contributed by atoms with Gasteiger partial charge >= 0.3 is 0 Å². The maximum Gasteiger partial charge on any atom is 0.0670 e. The summed E-state index contributed by atoms with van der Waals surface area (Å²) in [5.41, 5.74) is 1.03. The lowest BCUT2D eigenvalue weighted by atomic mass is 10.2. The molecule has 0 spiro atoms. The normalized spacial score (nSPS) is 9.50. The van der Waals surface area contributed by atoms with Gasteiger partial charge in [-0.05, 0) is 66.1 Å². The highest BCUT2D eigenvalue weighted by Gasteiger charge is 2.06.